The van der Waals surface area contributed by atoms with E-state index in [0.29, 0.717) is 23.5 Å². The van der Waals surface area contributed by atoms with Gasteiger partial charge in [-0.05, 0) is 50.2 Å². The van der Waals surface area contributed by atoms with E-state index in [4.69, 9.17) is 18.6 Å². The maximum Gasteiger partial charge on any atom is 0.375 e. The normalized spacial score (nSPS) is 10.7. The molecule has 146 valence electrons. The van der Waals surface area contributed by atoms with E-state index in [2.05, 4.69) is 0 Å². The molecule has 1 aromatic heterocycles. The van der Waals surface area contributed by atoms with Crippen molar-refractivity contribution in [1.29, 1.82) is 0 Å². The fraction of sp³-hybridized carbons (Fsp3) is 0.238. The molecule has 0 amide bonds. The molecule has 2 aromatic carbocycles. The number of rotatable bonds is 7. The van der Waals surface area contributed by atoms with E-state index in [9.17, 15) is 14.0 Å². The molecule has 0 atom stereocenters. The van der Waals surface area contributed by atoms with Gasteiger partial charge in [-0.25, -0.2) is 9.18 Å². The zero-order valence-corrected chi connectivity index (χ0v) is 15.7. The van der Waals surface area contributed by atoms with Gasteiger partial charge in [0.2, 0.25) is 5.76 Å². The molecule has 0 N–H and O–H groups in total. The number of carbonyl (C=O) groups excluding carboxylic acids is 2. The summed E-state index contributed by atoms with van der Waals surface area (Å²) in [6.07, 6.45) is 0. The third-order valence-corrected chi connectivity index (χ3v) is 4.21. The van der Waals surface area contributed by atoms with Crippen molar-refractivity contribution in [3.63, 3.8) is 0 Å². The number of benzene rings is 2. The molecule has 0 aliphatic rings. The number of esters is 1. The predicted octanol–water partition coefficient (Wildman–Crippen LogP) is 4.33. The predicted molar refractivity (Wildman–Crippen MR) is 99.7 cm³/mol. The quantitative estimate of drug-likeness (QED) is 0.444. The number of carbonyl (C=O) groups is 2. The van der Waals surface area contributed by atoms with E-state index < -0.39 is 24.2 Å². The molecule has 1 heterocycles. The van der Waals surface area contributed by atoms with Crippen LogP contribution in [0.2, 0.25) is 0 Å². The first kappa shape index (κ1) is 19.4. The van der Waals surface area contributed by atoms with Crippen LogP contribution in [0.25, 0.3) is 11.0 Å². The molecule has 0 fully saturated rings. The van der Waals surface area contributed by atoms with Gasteiger partial charge < -0.3 is 18.6 Å². The number of methoxy groups -OCH3 is 1. The second-order valence-corrected chi connectivity index (χ2v) is 6.00. The van der Waals surface area contributed by atoms with Crippen molar-refractivity contribution in [3.05, 3.63) is 59.1 Å². The summed E-state index contributed by atoms with van der Waals surface area (Å²) < 4.78 is 34.6. The number of Topliss-reactive ketones (excluding diaryl/α,β-unsaturated/α-hetero) is 1. The molecule has 0 bridgehead atoms. The Morgan fingerprint density at radius 2 is 1.93 bits per heavy atom. The highest BCUT2D eigenvalue weighted by Gasteiger charge is 2.21. The molecule has 3 aromatic rings. The molecular weight excluding hydrogens is 367 g/mol. The average molecular weight is 386 g/mol. The zero-order chi connectivity index (χ0) is 20.3. The number of halogens is 1. The number of hydrogen-bond acceptors (Lipinski definition) is 6. The highest BCUT2D eigenvalue weighted by Crippen LogP contribution is 2.29. The van der Waals surface area contributed by atoms with Crippen molar-refractivity contribution >= 4 is 22.7 Å². The first-order valence-corrected chi connectivity index (χ1v) is 8.64. The van der Waals surface area contributed by atoms with Gasteiger partial charge >= 0.3 is 5.97 Å². The fourth-order valence-corrected chi connectivity index (χ4v) is 2.77. The van der Waals surface area contributed by atoms with Gasteiger partial charge in [0, 0.05) is 16.5 Å². The first-order chi connectivity index (χ1) is 13.4. The molecular formula is C21H19FO6. The number of furan rings is 1. The van der Waals surface area contributed by atoms with Gasteiger partial charge in [0.05, 0.1) is 13.7 Å². The zero-order valence-electron chi connectivity index (χ0n) is 15.7. The lowest BCUT2D eigenvalue weighted by Crippen LogP contribution is -2.14. The molecule has 0 saturated heterocycles. The highest BCUT2D eigenvalue weighted by molar-refractivity contribution is 6.00. The lowest BCUT2D eigenvalue weighted by Gasteiger charge is -2.05. The van der Waals surface area contributed by atoms with E-state index in [1.807, 2.05) is 6.92 Å². The second kappa shape index (κ2) is 8.12. The molecule has 0 aliphatic carbocycles. The Balaban J connectivity index is 1.73. The molecule has 6 nitrogen and oxygen atoms in total. The molecule has 3 rings (SSSR count). The van der Waals surface area contributed by atoms with Crippen LogP contribution in [0.4, 0.5) is 4.39 Å². The van der Waals surface area contributed by atoms with Crippen LogP contribution < -0.4 is 9.47 Å². The molecule has 0 spiro atoms. The van der Waals surface area contributed by atoms with Gasteiger partial charge in [0.1, 0.15) is 11.3 Å². The number of fused-ring (bicyclic) bond motifs is 1. The Morgan fingerprint density at radius 3 is 2.61 bits per heavy atom. The third kappa shape index (κ3) is 3.83. The molecule has 0 saturated carbocycles. The minimum atomic E-state index is -0.769. The van der Waals surface area contributed by atoms with Crippen LogP contribution in [0.1, 0.15) is 33.4 Å². The Morgan fingerprint density at radius 1 is 1.14 bits per heavy atom. The van der Waals surface area contributed by atoms with Gasteiger partial charge in [-0.15, -0.1) is 0 Å². The van der Waals surface area contributed by atoms with Crippen molar-refractivity contribution in [2.75, 3.05) is 20.3 Å². The Kier molecular flexibility index (Phi) is 5.63. The van der Waals surface area contributed by atoms with Crippen molar-refractivity contribution in [2.24, 2.45) is 0 Å². The van der Waals surface area contributed by atoms with Gasteiger partial charge in [-0.3, -0.25) is 4.79 Å². The molecule has 0 aliphatic heterocycles. The van der Waals surface area contributed by atoms with Crippen LogP contribution in [0.15, 0.2) is 40.8 Å². The summed E-state index contributed by atoms with van der Waals surface area (Å²) in [6.45, 7) is 3.58. The molecule has 7 heteroatoms. The summed E-state index contributed by atoms with van der Waals surface area (Å²) in [5.74, 6) is -1.28. The van der Waals surface area contributed by atoms with Crippen molar-refractivity contribution in [2.45, 2.75) is 13.8 Å². The number of aryl methyl sites for hydroxylation is 1. The molecule has 0 unspecified atom stereocenters. The Bertz CT molecular complexity index is 1040. The van der Waals surface area contributed by atoms with E-state index in [-0.39, 0.29) is 17.1 Å². The standard InChI is InChI=1S/C21H19FO6/c1-4-26-14-6-8-18-15(10-14)12(2)20(28-18)21(24)27-11-17(23)13-5-7-19(25-3)16(22)9-13/h5-10H,4,11H2,1-3H3. The largest absolute Gasteiger partial charge is 0.494 e. The van der Waals surface area contributed by atoms with Crippen LogP contribution in [0.3, 0.4) is 0 Å². The highest BCUT2D eigenvalue weighted by atomic mass is 19.1. The Labute approximate surface area is 160 Å². The average Bonchev–Trinajstić information content (AvgIpc) is 3.02. The van der Waals surface area contributed by atoms with E-state index in [0.717, 1.165) is 11.5 Å². The summed E-state index contributed by atoms with van der Waals surface area (Å²) in [5.41, 5.74) is 1.18. The Hall–Kier alpha value is -3.35. The van der Waals surface area contributed by atoms with Gasteiger partial charge in [-0.1, -0.05) is 0 Å². The van der Waals surface area contributed by atoms with Gasteiger partial charge in [0.15, 0.2) is 24.0 Å². The maximum absolute atomic E-state index is 13.7. The minimum absolute atomic E-state index is 0.0114. The number of ether oxygens (including phenoxy) is 3. The lowest BCUT2D eigenvalue weighted by molar-refractivity contribution is 0.0445. The topological polar surface area (TPSA) is 75.0 Å². The smallest absolute Gasteiger partial charge is 0.375 e. The second-order valence-electron chi connectivity index (χ2n) is 6.00. The summed E-state index contributed by atoms with van der Waals surface area (Å²) in [5, 5.41) is 0.724. The maximum atomic E-state index is 13.7. The summed E-state index contributed by atoms with van der Waals surface area (Å²) >= 11 is 0. The SMILES string of the molecule is CCOc1ccc2oc(C(=O)OCC(=O)c3ccc(OC)c(F)c3)c(C)c2c1. The summed E-state index contributed by atoms with van der Waals surface area (Å²) in [7, 11) is 1.33. The first-order valence-electron chi connectivity index (χ1n) is 8.64. The van der Waals surface area contributed by atoms with Crippen LogP contribution in [0.5, 0.6) is 11.5 Å². The van der Waals surface area contributed by atoms with Crippen molar-refractivity contribution in [1.82, 2.24) is 0 Å². The number of hydrogen-bond donors (Lipinski definition) is 0. The van der Waals surface area contributed by atoms with E-state index in [1.165, 1.54) is 19.2 Å². The third-order valence-electron chi connectivity index (χ3n) is 4.21. The van der Waals surface area contributed by atoms with Gasteiger partial charge in [-0.2, -0.15) is 0 Å². The molecule has 0 radical (unpaired) electrons. The summed E-state index contributed by atoms with van der Waals surface area (Å²) in [4.78, 5) is 24.5. The van der Waals surface area contributed by atoms with E-state index >= 15 is 0 Å². The van der Waals surface area contributed by atoms with Crippen molar-refractivity contribution < 1.29 is 32.6 Å². The summed E-state index contributed by atoms with van der Waals surface area (Å²) in [6, 6.07) is 9.00. The number of ketones is 1. The lowest BCUT2D eigenvalue weighted by atomic mass is 10.1. The monoisotopic (exact) mass is 386 g/mol. The van der Waals surface area contributed by atoms with Crippen molar-refractivity contribution in [3.8, 4) is 11.5 Å². The molecule has 28 heavy (non-hydrogen) atoms. The fourth-order valence-electron chi connectivity index (χ4n) is 2.77. The van der Waals surface area contributed by atoms with Crippen LogP contribution >= 0.6 is 0 Å². The minimum Gasteiger partial charge on any atom is -0.494 e. The van der Waals surface area contributed by atoms with Crippen LogP contribution in [-0.4, -0.2) is 32.1 Å². The van der Waals surface area contributed by atoms with E-state index in [1.54, 1.807) is 25.1 Å². The van der Waals surface area contributed by atoms with Crippen LogP contribution in [-0.2, 0) is 4.74 Å². The van der Waals surface area contributed by atoms with Gasteiger partial charge in [0.25, 0.3) is 0 Å². The van der Waals surface area contributed by atoms with Crippen LogP contribution in [0, 0.1) is 12.7 Å².